The Morgan fingerprint density at radius 1 is 1.19 bits per heavy atom. The van der Waals surface area contributed by atoms with Gasteiger partial charge >= 0.3 is 6.18 Å². The summed E-state index contributed by atoms with van der Waals surface area (Å²) < 4.78 is 42.5. The van der Waals surface area contributed by atoms with E-state index in [4.69, 9.17) is 15.3 Å². The maximum Gasteiger partial charge on any atom is 0.416 e. The van der Waals surface area contributed by atoms with Crippen LogP contribution >= 0.6 is 0 Å². The molecule has 0 unspecified atom stereocenters. The zero-order valence-corrected chi connectivity index (χ0v) is 11.8. The molecule has 0 saturated heterocycles. The van der Waals surface area contributed by atoms with Crippen LogP contribution in [0.5, 0.6) is 0 Å². The van der Waals surface area contributed by atoms with Crippen molar-refractivity contribution in [1.29, 1.82) is 0 Å². The minimum absolute atomic E-state index is 0.0811. The fourth-order valence-corrected chi connectivity index (χ4v) is 1.75. The lowest BCUT2D eigenvalue weighted by Gasteiger charge is -2.09. The van der Waals surface area contributed by atoms with Gasteiger partial charge in [0.1, 0.15) is 0 Å². The van der Waals surface area contributed by atoms with Gasteiger partial charge in [-0.15, -0.1) is 0 Å². The molecule has 0 heterocycles. The largest absolute Gasteiger partial charge is 0.416 e. The molecule has 0 aliphatic rings. The summed E-state index contributed by atoms with van der Waals surface area (Å²) in [6, 6.07) is 4.83. The summed E-state index contributed by atoms with van der Waals surface area (Å²) in [5, 5.41) is 3.87. The fraction of sp³-hybridized carbons (Fsp3) is 0.500. The highest BCUT2D eigenvalue weighted by Gasteiger charge is 2.30. The quantitative estimate of drug-likeness (QED) is 0.347. The molecule has 0 amide bonds. The second kappa shape index (κ2) is 8.63. The molecule has 0 bridgehead atoms. The van der Waals surface area contributed by atoms with E-state index in [0.717, 1.165) is 25.0 Å². The predicted molar refractivity (Wildman–Crippen MR) is 73.8 cm³/mol. The third-order valence-corrected chi connectivity index (χ3v) is 2.81. The number of ether oxygens (including phenoxy) is 1. The van der Waals surface area contributed by atoms with Crippen molar-refractivity contribution in [3.8, 4) is 0 Å². The number of hydrogen-bond acceptors (Lipinski definition) is 4. The predicted octanol–water partition coefficient (Wildman–Crippen LogP) is 3.16. The molecule has 2 N–H and O–H groups in total. The van der Waals surface area contributed by atoms with Crippen LogP contribution in [0, 0.1) is 0 Å². The molecule has 21 heavy (non-hydrogen) atoms. The minimum atomic E-state index is -4.35. The van der Waals surface area contributed by atoms with Crippen LogP contribution in [0.15, 0.2) is 29.4 Å². The Kier molecular flexibility index (Phi) is 7.18. The topological polar surface area (TPSA) is 56.8 Å². The SMILES string of the molecule is COCCCC/C(=N\OCN)c1ccc(C(F)(F)F)cc1. The van der Waals surface area contributed by atoms with Crippen molar-refractivity contribution < 1.29 is 22.7 Å². The van der Waals surface area contributed by atoms with E-state index in [9.17, 15) is 13.2 Å². The number of rotatable bonds is 8. The van der Waals surface area contributed by atoms with Crippen LogP contribution < -0.4 is 5.73 Å². The molecule has 7 heteroatoms. The highest BCUT2D eigenvalue weighted by atomic mass is 19.4. The van der Waals surface area contributed by atoms with Crippen LogP contribution in [-0.2, 0) is 15.8 Å². The van der Waals surface area contributed by atoms with Crippen LogP contribution in [0.25, 0.3) is 0 Å². The van der Waals surface area contributed by atoms with E-state index in [-0.39, 0.29) is 6.73 Å². The van der Waals surface area contributed by atoms with Gasteiger partial charge in [0.25, 0.3) is 0 Å². The molecular weight excluding hydrogens is 285 g/mol. The smallest absolute Gasteiger partial charge is 0.385 e. The number of hydrogen-bond donors (Lipinski definition) is 1. The summed E-state index contributed by atoms with van der Waals surface area (Å²) in [4.78, 5) is 4.82. The standard InChI is InChI=1S/C14H19F3N2O2/c1-20-9-3-2-4-13(19-21-10-18)11-5-7-12(8-6-11)14(15,16)17/h5-8H,2-4,9-10,18H2,1H3/b19-13+. The van der Waals surface area contributed by atoms with Crippen molar-refractivity contribution >= 4 is 5.71 Å². The van der Waals surface area contributed by atoms with Gasteiger partial charge in [-0.25, -0.2) is 0 Å². The van der Waals surface area contributed by atoms with Crippen molar-refractivity contribution in [2.75, 3.05) is 20.4 Å². The molecule has 0 fully saturated rings. The first-order valence-corrected chi connectivity index (χ1v) is 6.54. The first-order chi connectivity index (χ1) is 9.99. The van der Waals surface area contributed by atoms with Gasteiger partial charge in [-0.2, -0.15) is 13.2 Å². The van der Waals surface area contributed by atoms with E-state index in [1.807, 2.05) is 0 Å². The molecular formula is C14H19F3N2O2. The number of unbranched alkanes of at least 4 members (excludes halogenated alkanes) is 1. The highest BCUT2D eigenvalue weighted by Crippen LogP contribution is 2.29. The van der Waals surface area contributed by atoms with Crippen molar-refractivity contribution in [2.24, 2.45) is 10.9 Å². The molecule has 0 atom stereocenters. The maximum absolute atomic E-state index is 12.5. The summed E-state index contributed by atoms with van der Waals surface area (Å²) in [7, 11) is 1.61. The zero-order chi connectivity index (χ0) is 15.7. The third kappa shape index (κ3) is 6.14. The van der Waals surface area contributed by atoms with E-state index in [1.54, 1.807) is 7.11 Å². The van der Waals surface area contributed by atoms with Crippen LogP contribution in [0.1, 0.15) is 30.4 Å². The average Bonchev–Trinajstić information content (AvgIpc) is 2.46. The maximum atomic E-state index is 12.5. The first kappa shape index (κ1) is 17.5. The molecule has 0 aliphatic heterocycles. The van der Waals surface area contributed by atoms with Crippen molar-refractivity contribution in [3.63, 3.8) is 0 Å². The number of methoxy groups -OCH3 is 1. The summed E-state index contributed by atoms with van der Waals surface area (Å²) >= 11 is 0. The minimum Gasteiger partial charge on any atom is -0.385 e. The molecule has 1 aromatic rings. The lowest BCUT2D eigenvalue weighted by molar-refractivity contribution is -0.137. The summed E-state index contributed by atoms with van der Waals surface area (Å²) in [5.74, 6) is 0. The Morgan fingerprint density at radius 3 is 2.38 bits per heavy atom. The second-order valence-electron chi connectivity index (χ2n) is 4.36. The summed E-state index contributed by atoms with van der Waals surface area (Å²) in [6.07, 6.45) is -2.14. The molecule has 0 aromatic heterocycles. The van der Waals surface area contributed by atoms with E-state index in [2.05, 4.69) is 5.16 Å². The summed E-state index contributed by atoms with van der Waals surface area (Å²) in [5.41, 5.74) is 5.69. The number of alkyl halides is 3. The van der Waals surface area contributed by atoms with Crippen LogP contribution in [-0.4, -0.2) is 26.2 Å². The van der Waals surface area contributed by atoms with Crippen molar-refractivity contribution in [2.45, 2.75) is 25.4 Å². The number of nitrogens with two attached hydrogens (primary N) is 1. The molecule has 118 valence electrons. The number of nitrogens with zero attached hydrogens (tertiary/aromatic N) is 1. The van der Waals surface area contributed by atoms with Gasteiger partial charge in [0.15, 0.2) is 6.73 Å². The Hall–Kier alpha value is -1.60. The Balaban J connectivity index is 2.78. The van der Waals surface area contributed by atoms with Gasteiger partial charge in [-0.3, -0.25) is 5.73 Å². The van der Waals surface area contributed by atoms with Crippen molar-refractivity contribution in [3.05, 3.63) is 35.4 Å². The normalized spacial score (nSPS) is 12.5. The molecule has 0 radical (unpaired) electrons. The summed E-state index contributed by atoms with van der Waals surface area (Å²) in [6.45, 7) is 0.542. The zero-order valence-electron chi connectivity index (χ0n) is 11.8. The number of benzene rings is 1. The Bertz CT molecular complexity index is 445. The average molecular weight is 304 g/mol. The van der Waals surface area contributed by atoms with Gasteiger partial charge in [-0.05, 0) is 37.0 Å². The Morgan fingerprint density at radius 2 is 1.86 bits per heavy atom. The van der Waals surface area contributed by atoms with Gasteiger partial charge in [-0.1, -0.05) is 17.3 Å². The van der Waals surface area contributed by atoms with Crippen LogP contribution in [0.4, 0.5) is 13.2 Å². The van der Waals surface area contributed by atoms with Crippen molar-refractivity contribution in [1.82, 2.24) is 0 Å². The van der Waals surface area contributed by atoms with Gasteiger partial charge in [0, 0.05) is 13.7 Å². The van der Waals surface area contributed by atoms with Gasteiger partial charge < -0.3 is 9.57 Å². The fourth-order valence-electron chi connectivity index (χ4n) is 1.75. The molecule has 1 aromatic carbocycles. The third-order valence-electron chi connectivity index (χ3n) is 2.81. The van der Waals surface area contributed by atoms with E-state index >= 15 is 0 Å². The van der Waals surface area contributed by atoms with Gasteiger partial charge in [0.05, 0.1) is 11.3 Å². The molecule has 0 aliphatic carbocycles. The van der Waals surface area contributed by atoms with E-state index < -0.39 is 11.7 Å². The van der Waals surface area contributed by atoms with Gasteiger partial charge in [0.2, 0.25) is 0 Å². The van der Waals surface area contributed by atoms with E-state index in [1.165, 1.54) is 12.1 Å². The number of halogens is 3. The second-order valence-corrected chi connectivity index (χ2v) is 4.36. The van der Waals surface area contributed by atoms with Crippen LogP contribution in [0.3, 0.4) is 0 Å². The lowest BCUT2D eigenvalue weighted by Crippen LogP contribution is -2.08. The Labute approximate surface area is 121 Å². The number of oxime groups is 1. The molecule has 1 rings (SSSR count). The molecule has 4 nitrogen and oxygen atoms in total. The monoisotopic (exact) mass is 304 g/mol. The van der Waals surface area contributed by atoms with Crippen LogP contribution in [0.2, 0.25) is 0 Å². The van der Waals surface area contributed by atoms with E-state index in [0.29, 0.717) is 24.3 Å². The first-order valence-electron chi connectivity index (χ1n) is 6.54. The lowest BCUT2D eigenvalue weighted by atomic mass is 10.0. The molecule has 0 spiro atoms. The molecule has 0 saturated carbocycles. The highest BCUT2D eigenvalue weighted by molar-refractivity contribution is 6.00.